The van der Waals surface area contributed by atoms with E-state index in [-0.39, 0.29) is 17.9 Å². The number of nitrogens with zero attached hydrogens (tertiary/aromatic N) is 5. The number of benzene rings is 2. The van der Waals surface area contributed by atoms with Gasteiger partial charge in [0.1, 0.15) is 23.0 Å². The van der Waals surface area contributed by atoms with Gasteiger partial charge in [0.15, 0.2) is 11.6 Å². The SMILES string of the molecule is CCc1ncc(NC(=O)O[C@@H]2CCC(F)(F)C[C@@H]2Oc2cc3sc(-c4cc(C)cc5nc(OC)cnc45)nc3cc2F)cn1. The molecule has 3 aromatic heterocycles. The van der Waals surface area contributed by atoms with E-state index in [9.17, 15) is 13.6 Å². The molecule has 1 aliphatic rings. The monoisotopic (exact) mass is 624 g/mol. The van der Waals surface area contributed by atoms with E-state index in [1.54, 1.807) is 0 Å². The van der Waals surface area contributed by atoms with Crippen molar-refractivity contribution in [2.24, 2.45) is 0 Å². The third kappa shape index (κ3) is 6.20. The zero-order valence-electron chi connectivity index (χ0n) is 23.9. The van der Waals surface area contributed by atoms with Gasteiger partial charge in [0.05, 0.1) is 59.1 Å². The largest absolute Gasteiger partial charge is 0.483 e. The molecule has 1 N–H and O–H groups in total. The van der Waals surface area contributed by atoms with Gasteiger partial charge in [-0.05, 0) is 31.0 Å². The van der Waals surface area contributed by atoms with E-state index in [2.05, 4.69) is 30.2 Å². The van der Waals surface area contributed by atoms with Gasteiger partial charge in [-0.1, -0.05) is 6.92 Å². The van der Waals surface area contributed by atoms with Gasteiger partial charge in [0, 0.05) is 30.5 Å². The maximum atomic E-state index is 15.3. The number of aryl methyl sites for hydroxylation is 2. The number of methoxy groups -OCH3 is 1. The van der Waals surface area contributed by atoms with E-state index in [4.69, 9.17) is 14.2 Å². The molecule has 1 fully saturated rings. The number of aromatic nitrogens is 5. The zero-order chi connectivity index (χ0) is 31.0. The van der Waals surface area contributed by atoms with Gasteiger partial charge in [0.25, 0.3) is 5.92 Å². The number of hydrogen-bond donors (Lipinski definition) is 1. The smallest absolute Gasteiger partial charge is 0.412 e. The van der Waals surface area contributed by atoms with Crippen molar-refractivity contribution in [2.75, 3.05) is 12.4 Å². The molecule has 1 aliphatic carbocycles. The Morgan fingerprint density at radius 2 is 1.86 bits per heavy atom. The van der Waals surface area contributed by atoms with Crippen molar-refractivity contribution in [1.82, 2.24) is 24.9 Å². The van der Waals surface area contributed by atoms with Gasteiger partial charge in [-0.15, -0.1) is 11.3 Å². The summed E-state index contributed by atoms with van der Waals surface area (Å²) in [5.41, 5.74) is 3.50. The molecule has 0 spiro atoms. The predicted molar refractivity (Wildman–Crippen MR) is 158 cm³/mol. The molecule has 0 radical (unpaired) electrons. The third-order valence-electron chi connectivity index (χ3n) is 7.16. The first-order valence-corrected chi connectivity index (χ1v) is 14.7. The number of thiazole rings is 1. The van der Waals surface area contributed by atoms with Crippen LogP contribution in [-0.2, 0) is 11.2 Å². The summed E-state index contributed by atoms with van der Waals surface area (Å²) in [5, 5.41) is 3.07. The topological polar surface area (TPSA) is 121 Å². The van der Waals surface area contributed by atoms with Crippen molar-refractivity contribution < 1.29 is 32.2 Å². The van der Waals surface area contributed by atoms with Crippen LogP contribution in [0.3, 0.4) is 0 Å². The van der Waals surface area contributed by atoms with Crippen molar-refractivity contribution in [3.63, 3.8) is 0 Å². The van der Waals surface area contributed by atoms with Gasteiger partial charge in [0.2, 0.25) is 5.88 Å². The van der Waals surface area contributed by atoms with E-state index < -0.39 is 42.9 Å². The summed E-state index contributed by atoms with van der Waals surface area (Å²) in [6.07, 6.45) is 0.334. The fraction of sp³-hybridized carbons (Fsp3) is 0.333. The molecular weight excluding hydrogens is 597 g/mol. The minimum absolute atomic E-state index is 0.169. The molecule has 0 saturated heterocycles. The maximum absolute atomic E-state index is 15.3. The fourth-order valence-corrected chi connectivity index (χ4v) is 6.01. The van der Waals surface area contributed by atoms with E-state index in [0.717, 1.165) is 5.56 Å². The molecular formula is C30H27F3N6O4S. The van der Waals surface area contributed by atoms with Crippen LogP contribution in [-0.4, -0.2) is 56.3 Å². The Bertz CT molecular complexity index is 1850. The van der Waals surface area contributed by atoms with Crippen LogP contribution in [0, 0.1) is 12.7 Å². The highest BCUT2D eigenvalue weighted by Gasteiger charge is 2.45. The Labute approximate surface area is 253 Å². The highest BCUT2D eigenvalue weighted by Crippen LogP contribution is 2.40. The molecule has 3 heterocycles. The second-order valence-electron chi connectivity index (χ2n) is 10.4. The second kappa shape index (κ2) is 11.8. The average Bonchev–Trinajstić information content (AvgIpc) is 3.40. The van der Waals surface area contributed by atoms with Gasteiger partial charge >= 0.3 is 6.09 Å². The molecule has 44 heavy (non-hydrogen) atoms. The van der Waals surface area contributed by atoms with Crippen LogP contribution in [0.4, 0.5) is 23.7 Å². The molecule has 228 valence electrons. The summed E-state index contributed by atoms with van der Waals surface area (Å²) >= 11 is 1.27. The molecule has 2 aromatic carbocycles. The second-order valence-corrected chi connectivity index (χ2v) is 11.5. The van der Waals surface area contributed by atoms with E-state index in [1.165, 1.54) is 49.2 Å². The summed E-state index contributed by atoms with van der Waals surface area (Å²) < 4.78 is 61.3. The molecule has 1 amide bonds. The summed E-state index contributed by atoms with van der Waals surface area (Å²) in [6.45, 7) is 3.81. The van der Waals surface area contributed by atoms with E-state index in [0.29, 0.717) is 49.9 Å². The molecule has 6 rings (SSSR count). The van der Waals surface area contributed by atoms with Crippen LogP contribution in [0.1, 0.15) is 37.6 Å². The van der Waals surface area contributed by atoms with Crippen molar-refractivity contribution >= 4 is 44.4 Å². The maximum Gasteiger partial charge on any atom is 0.412 e. The number of hydrogen-bond acceptors (Lipinski definition) is 10. The van der Waals surface area contributed by atoms with Crippen LogP contribution in [0.2, 0.25) is 0 Å². The predicted octanol–water partition coefficient (Wildman–Crippen LogP) is 6.90. The first-order chi connectivity index (χ1) is 21.1. The first kappa shape index (κ1) is 29.5. The number of carbonyl (C=O) groups is 1. The Morgan fingerprint density at radius 3 is 2.61 bits per heavy atom. The number of alkyl halides is 2. The lowest BCUT2D eigenvalue weighted by Crippen LogP contribution is -2.45. The number of anilines is 1. The summed E-state index contributed by atoms with van der Waals surface area (Å²) in [5.74, 6) is -3.13. The van der Waals surface area contributed by atoms with Crippen molar-refractivity contribution in [3.05, 3.63) is 60.1 Å². The highest BCUT2D eigenvalue weighted by molar-refractivity contribution is 7.21. The molecule has 14 heteroatoms. The Hall–Kier alpha value is -4.59. The minimum atomic E-state index is -3.07. The van der Waals surface area contributed by atoms with Crippen LogP contribution < -0.4 is 14.8 Å². The molecule has 10 nitrogen and oxygen atoms in total. The number of fused-ring (bicyclic) bond motifs is 2. The number of carbonyl (C=O) groups excluding carboxylic acids is 1. The average molecular weight is 625 g/mol. The van der Waals surface area contributed by atoms with Crippen LogP contribution in [0.15, 0.2) is 42.9 Å². The van der Waals surface area contributed by atoms with Gasteiger partial charge < -0.3 is 14.2 Å². The molecule has 0 unspecified atom stereocenters. The summed E-state index contributed by atoms with van der Waals surface area (Å²) in [6, 6.07) is 6.41. The standard InChI is InChI=1S/C30H27F3N6O4S/c1-4-25-34-12-16(13-35-25)37-29(40)43-21-5-6-30(32,33)11-23(21)42-22-10-24-19(9-18(22)31)39-28(44-24)17-7-15(2)8-20-27(17)36-14-26(38-20)41-3/h7-10,12-14,21,23H,4-6,11H2,1-3H3,(H,37,40)/t21-,23+/m1/s1. The zero-order valence-corrected chi connectivity index (χ0v) is 24.8. The van der Waals surface area contributed by atoms with E-state index in [1.807, 2.05) is 26.0 Å². The van der Waals surface area contributed by atoms with Crippen molar-refractivity contribution in [2.45, 2.75) is 57.7 Å². The first-order valence-electron chi connectivity index (χ1n) is 13.9. The lowest BCUT2D eigenvalue weighted by atomic mass is 9.91. The molecule has 1 saturated carbocycles. The quantitative estimate of drug-likeness (QED) is 0.206. The minimum Gasteiger partial charge on any atom is -0.483 e. The van der Waals surface area contributed by atoms with E-state index >= 15 is 4.39 Å². The lowest BCUT2D eigenvalue weighted by molar-refractivity contribution is -0.114. The fourth-order valence-electron chi connectivity index (χ4n) is 5.01. The number of halogens is 3. The molecule has 5 aromatic rings. The summed E-state index contributed by atoms with van der Waals surface area (Å²) in [7, 11) is 1.51. The Balaban J connectivity index is 1.25. The third-order valence-corrected chi connectivity index (χ3v) is 8.22. The number of nitrogens with one attached hydrogen (secondary N) is 1. The Kier molecular flexibility index (Phi) is 7.93. The molecule has 0 bridgehead atoms. The number of rotatable bonds is 7. The highest BCUT2D eigenvalue weighted by atomic mass is 32.1. The lowest BCUT2D eigenvalue weighted by Gasteiger charge is -2.35. The Morgan fingerprint density at radius 1 is 1.07 bits per heavy atom. The van der Waals surface area contributed by atoms with Crippen LogP contribution >= 0.6 is 11.3 Å². The number of ether oxygens (including phenoxy) is 3. The van der Waals surface area contributed by atoms with Gasteiger partial charge in [-0.25, -0.2) is 42.9 Å². The van der Waals surface area contributed by atoms with Crippen molar-refractivity contribution in [1.29, 1.82) is 0 Å². The molecule has 2 atom stereocenters. The van der Waals surface area contributed by atoms with Gasteiger partial charge in [-0.2, -0.15) is 0 Å². The van der Waals surface area contributed by atoms with Crippen LogP contribution in [0.25, 0.3) is 31.8 Å². The normalized spacial score (nSPS) is 17.9. The number of amides is 1. The van der Waals surface area contributed by atoms with Crippen LogP contribution in [0.5, 0.6) is 11.6 Å². The van der Waals surface area contributed by atoms with Crippen molar-refractivity contribution in [3.8, 4) is 22.2 Å². The molecule has 0 aliphatic heterocycles. The van der Waals surface area contributed by atoms with Gasteiger partial charge in [-0.3, -0.25) is 5.32 Å². The summed E-state index contributed by atoms with van der Waals surface area (Å²) in [4.78, 5) is 34.4.